The average molecular weight is 419 g/mol. The van der Waals surface area contributed by atoms with Crippen molar-refractivity contribution in [2.75, 3.05) is 26.2 Å². The number of allylic oxidation sites excluding steroid dienone is 2. The Labute approximate surface area is 171 Å². The molecule has 2 fully saturated rings. The lowest BCUT2D eigenvalue weighted by Gasteiger charge is -2.37. The van der Waals surface area contributed by atoms with E-state index in [0.717, 1.165) is 11.1 Å². The molecule has 2 aliphatic carbocycles. The van der Waals surface area contributed by atoms with Gasteiger partial charge in [0.1, 0.15) is 0 Å². The van der Waals surface area contributed by atoms with Gasteiger partial charge in [0.25, 0.3) is 0 Å². The lowest BCUT2D eigenvalue weighted by molar-refractivity contribution is -0.151. The zero-order chi connectivity index (χ0) is 20.9. The third-order valence-electron chi connectivity index (χ3n) is 6.70. The van der Waals surface area contributed by atoms with Crippen molar-refractivity contribution in [1.82, 2.24) is 9.21 Å². The van der Waals surface area contributed by atoms with Crippen LogP contribution < -0.4 is 0 Å². The third-order valence-corrected chi connectivity index (χ3v) is 8.59. The molecule has 1 saturated carbocycles. The summed E-state index contributed by atoms with van der Waals surface area (Å²) in [5, 5.41) is 9.58. The molecule has 0 spiro atoms. The maximum atomic E-state index is 13.1. The molecule has 29 heavy (non-hydrogen) atoms. The number of amides is 1. The number of carbonyl (C=O) groups excluding carboxylic acids is 1. The van der Waals surface area contributed by atoms with E-state index < -0.39 is 27.8 Å². The number of aliphatic carboxylic acids is 1. The lowest BCUT2D eigenvalue weighted by Crippen LogP contribution is -2.53. The number of hydrogen-bond acceptors (Lipinski definition) is 4. The first-order chi connectivity index (χ1) is 13.7. The first kappa shape index (κ1) is 20.1. The second-order valence-corrected chi connectivity index (χ2v) is 10.3. The molecule has 1 aromatic carbocycles. The molecule has 8 heteroatoms. The number of benzene rings is 1. The minimum Gasteiger partial charge on any atom is -0.481 e. The molecule has 0 aromatic heterocycles. The maximum absolute atomic E-state index is 13.1. The molecule has 1 saturated heterocycles. The van der Waals surface area contributed by atoms with Crippen LogP contribution in [-0.4, -0.2) is 60.8 Å². The van der Waals surface area contributed by atoms with Crippen LogP contribution in [0.15, 0.2) is 35.2 Å². The minimum absolute atomic E-state index is 0.0223. The molecular formula is C21H26N2O5S. The van der Waals surface area contributed by atoms with Gasteiger partial charge < -0.3 is 10.0 Å². The van der Waals surface area contributed by atoms with Crippen molar-refractivity contribution in [3.05, 3.63) is 41.5 Å². The van der Waals surface area contributed by atoms with E-state index in [1.54, 1.807) is 23.1 Å². The number of hydrogen-bond donors (Lipinski definition) is 1. The van der Waals surface area contributed by atoms with Crippen molar-refractivity contribution >= 4 is 21.9 Å². The molecule has 3 aliphatic rings. The molecule has 1 heterocycles. The summed E-state index contributed by atoms with van der Waals surface area (Å²) in [5.74, 6) is -2.38. The van der Waals surface area contributed by atoms with E-state index in [4.69, 9.17) is 0 Å². The fraction of sp³-hybridized carbons (Fsp3) is 0.524. The van der Waals surface area contributed by atoms with Crippen molar-refractivity contribution in [3.63, 3.8) is 0 Å². The van der Waals surface area contributed by atoms with Crippen LogP contribution in [0.1, 0.15) is 17.5 Å². The molecule has 2 bridgehead atoms. The summed E-state index contributed by atoms with van der Waals surface area (Å²) < 4.78 is 27.3. The first-order valence-corrected chi connectivity index (χ1v) is 11.4. The van der Waals surface area contributed by atoms with Gasteiger partial charge in [0.15, 0.2) is 0 Å². The van der Waals surface area contributed by atoms with E-state index >= 15 is 0 Å². The summed E-state index contributed by atoms with van der Waals surface area (Å²) in [6, 6.07) is 5.10. The predicted molar refractivity (Wildman–Crippen MR) is 107 cm³/mol. The van der Waals surface area contributed by atoms with Crippen LogP contribution in [0.3, 0.4) is 0 Å². The summed E-state index contributed by atoms with van der Waals surface area (Å²) in [4.78, 5) is 26.7. The minimum atomic E-state index is -3.61. The van der Waals surface area contributed by atoms with Crippen LogP contribution in [0, 0.1) is 37.5 Å². The summed E-state index contributed by atoms with van der Waals surface area (Å²) in [6.45, 7) is 4.82. The van der Waals surface area contributed by atoms with E-state index in [1.165, 1.54) is 4.31 Å². The van der Waals surface area contributed by atoms with Crippen molar-refractivity contribution in [1.29, 1.82) is 0 Å². The molecule has 0 radical (unpaired) electrons. The summed E-state index contributed by atoms with van der Waals surface area (Å²) >= 11 is 0. The maximum Gasteiger partial charge on any atom is 0.307 e. The van der Waals surface area contributed by atoms with E-state index in [1.807, 2.05) is 26.0 Å². The van der Waals surface area contributed by atoms with Crippen molar-refractivity contribution in [3.8, 4) is 0 Å². The fourth-order valence-electron chi connectivity index (χ4n) is 4.88. The van der Waals surface area contributed by atoms with Crippen LogP contribution in [-0.2, 0) is 19.6 Å². The highest BCUT2D eigenvalue weighted by atomic mass is 32.2. The highest BCUT2D eigenvalue weighted by molar-refractivity contribution is 7.89. The molecule has 7 nitrogen and oxygen atoms in total. The van der Waals surface area contributed by atoms with Gasteiger partial charge in [0.2, 0.25) is 15.9 Å². The molecule has 1 amide bonds. The summed E-state index contributed by atoms with van der Waals surface area (Å²) in [7, 11) is -3.61. The monoisotopic (exact) mass is 418 g/mol. The van der Waals surface area contributed by atoms with Crippen molar-refractivity contribution in [2.24, 2.45) is 23.7 Å². The number of carboxylic acids is 1. The average Bonchev–Trinajstić information content (AvgIpc) is 3.31. The number of piperazine rings is 1. The summed E-state index contributed by atoms with van der Waals surface area (Å²) in [6.07, 6.45) is 4.60. The molecule has 4 rings (SSSR count). The van der Waals surface area contributed by atoms with Crippen molar-refractivity contribution < 1.29 is 23.1 Å². The van der Waals surface area contributed by atoms with E-state index in [2.05, 4.69) is 0 Å². The van der Waals surface area contributed by atoms with Gasteiger partial charge in [0, 0.05) is 26.2 Å². The molecule has 0 unspecified atom stereocenters. The van der Waals surface area contributed by atoms with Gasteiger partial charge in [-0.05, 0) is 55.4 Å². The number of sulfonamides is 1. The van der Waals surface area contributed by atoms with Crippen LogP contribution in [0.2, 0.25) is 0 Å². The third kappa shape index (κ3) is 3.38. The van der Waals surface area contributed by atoms with Gasteiger partial charge in [-0.15, -0.1) is 0 Å². The van der Waals surface area contributed by atoms with E-state index in [-0.39, 0.29) is 48.8 Å². The van der Waals surface area contributed by atoms with Crippen LogP contribution in [0.4, 0.5) is 0 Å². The normalized spacial score (nSPS) is 29.4. The molecule has 1 N–H and O–H groups in total. The zero-order valence-corrected chi connectivity index (χ0v) is 17.4. The second kappa shape index (κ2) is 7.25. The van der Waals surface area contributed by atoms with Gasteiger partial charge in [-0.25, -0.2) is 8.42 Å². The Bertz CT molecular complexity index is 979. The van der Waals surface area contributed by atoms with E-state index in [0.29, 0.717) is 6.42 Å². The van der Waals surface area contributed by atoms with Crippen LogP contribution >= 0.6 is 0 Å². The molecule has 4 atom stereocenters. The SMILES string of the molecule is Cc1ccc(S(=O)(=O)N2CCN(C(=O)[C@H]3[C@@H](C(=O)O)[C@H]4C=C[C@@H]3C4)CC2)cc1C. The van der Waals surface area contributed by atoms with Crippen molar-refractivity contribution in [2.45, 2.75) is 25.2 Å². The number of fused-ring (bicyclic) bond motifs is 2. The standard InChI is InChI=1S/C21H26N2O5S/c1-13-3-6-17(11-14(13)2)29(27,28)23-9-7-22(8-10-23)20(24)18-15-4-5-16(12-15)19(18)21(25)26/h3-6,11,15-16,18-19H,7-10,12H2,1-2H3,(H,25,26)/t15-,16+,18-,19+/m1/s1. The molecule has 156 valence electrons. The Balaban J connectivity index is 1.45. The molecule has 1 aliphatic heterocycles. The zero-order valence-electron chi connectivity index (χ0n) is 16.6. The fourth-order valence-corrected chi connectivity index (χ4v) is 6.39. The number of nitrogens with zero attached hydrogens (tertiary/aromatic N) is 2. The number of rotatable bonds is 4. The molecular weight excluding hydrogens is 392 g/mol. The van der Waals surface area contributed by atoms with Gasteiger partial charge in [-0.1, -0.05) is 18.2 Å². The highest BCUT2D eigenvalue weighted by Gasteiger charge is 2.52. The Morgan fingerprint density at radius 3 is 2.17 bits per heavy atom. The van der Waals surface area contributed by atoms with Gasteiger partial charge in [0.05, 0.1) is 16.7 Å². The number of carbonyl (C=O) groups is 2. The Morgan fingerprint density at radius 2 is 1.59 bits per heavy atom. The van der Waals surface area contributed by atoms with E-state index in [9.17, 15) is 23.1 Å². The van der Waals surface area contributed by atoms with Gasteiger partial charge in [-0.2, -0.15) is 4.31 Å². The Morgan fingerprint density at radius 1 is 0.966 bits per heavy atom. The second-order valence-electron chi connectivity index (χ2n) is 8.31. The quantitative estimate of drug-likeness (QED) is 0.751. The van der Waals surface area contributed by atoms with Crippen LogP contribution in [0.25, 0.3) is 0 Å². The number of aryl methyl sites for hydroxylation is 2. The summed E-state index contributed by atoms with van der Waals surface area (Å²) in [5.41, 5.74) is 1.95. The smallest absolute Gasteiger partial charge is 0.307 e. The Hall–Kier alpha value is -2.19. The number of carboxylic acid groups (broad SMARTS) is 1. The topological polar surface area (TPSA) is 95.0 Å². The lowest BCUT2D eigenvalue weighted by atomic mass is 9.82. The van der Waals surface area contributed by atoms with Gasteiger partial charge in [-0.3, -0.25) is 9.59 Å². The molecule has 1 aromatic rings. The first-order valence-electron chi connectivity index (χ1n) is 9.97. The highest BCUT2D eigenvalue weighted by Crippen LogP contribution is 2.48. The van der Waals surface area contributed by atoms with Gasteiger partial charge >= 0.3 is 5.97 Å². The predicted octanol–water partition coefficient (Wildman–Crippen LogP) is 1.66. The Kier molecular flexibility index (Phi) is 5.02. The largest absolute Gasteiger partial charge is 0.481 e. The van der Waals surface area contributed by atoms with Crippen LogP contribution in [0.5, 0.6) is 0 Å².